The molecule has 0 saturated carbocycles. The van der Waals surface area contributed by atoms with Crippen LogP contribution in [0.1, 0.15) is 0 Å². The molecule has 0 bridgehead atoms. The van der Waals surface area contributed by atoms with Gasteiger partial charge in [-0.25, -0.2) is 9.97 Å². The van der Waals surface area contributed by atoms with Crippen molar-refractivity contribution < 1.29 is 9.47 Å². The lowest BCUT2D eigenvalue weighted by atomic mass is 10.4. The second-order valence-electron chi connectivity index (χ2n) is 3.37. The normalized spacial score (nSPS) is 8.62. The monoisotopic (exact) mass is 628 g/mol. The van der Waals surface area contributed by atoms with Gasteiger partial charge in [0.1, 0.15) is 3.70 Å². The fourth-order valence-electron chi connectivity index (χ4n) is 1.05. The fraction of sp³-hybridized carbons (Fsp3) is 0.167. The van der Waals surface area contributed by atoms with Gasteiger partial charge in [0.25, 0.3) is 0 Å². The number of ether oxygens (including phenoxy) is 2. The van der Waals surface area contributed by atoms with Crippen LogP contribution in [-0.2, 0) is 0 Å². The van der Waals surface area contributed by atoms with Crippen molar-refractivity contribution in [2.45, 2.75) is 0 Å². The lowest BCUT2D eigenvalue weighted by molar-refractivity contribution is 0.397. The maximum atomic E-state index is 5.52. The van der Waals surface area contributed by atoms with Crippen LogP contribution in [0.5, 0.6) is 11.8 Å². The average Bonchev–Trinajstić information content (AvgIpc) is 2.53. The molecule has 116 valence electrons. The zero-order valence-electron chi connectivity index (χ0n) is 11.4. The summed E-state index contributed by atoms with van der Waals surface area (Å²) in [6.45, 7) is 0. The van der Waals surface area contributed by atoms with Crippen LogP contribution in [0, 0.1) is 3.70 Å². The molecule has 2 heterocycles. The van der Waals surface area contributed by atoms with Gasteiger partial charge in [0, 0.05) is 49.4 Å². The summed E-state index contributed by atoms with van der Waals surface area (Å²) in [4.78, 5) is 7.88. The first-order valence-electron chi connectivity index (χ1n) is 5.42. The van der Waals surface area contributed by atoms with Crippen LogP contribution in [0.3, 0.4) is 0 Å². The summed E-state index contributed by atoms with van der Waals surface area (Å²) in [6.07, 6.45) is 1.55. The van der Waals surface area contributed by atoms with Crippen molar-refractivity contribution in [3.63, 3.8) is 0 Å². The minimum absolute atomic E-state index is 0.587. The number of methoxy groups -OCH3 is 2. The first-order valence-corrected chi connectivity index (χ1v) is 12.8. The Balaban J connectivity index is 0.000000342. The van der Waals surface area contributed by atoms with Crippen LogP contribution in [0.4, 0.5) is 11.4 Å². The number of anilines is 2. The molecule has 0 spiro atoms. The molecule has 4 N–H and O–H groups in total. The zero-order valence-corrected chi connectivity index (χ0v) is 17.9. The highest BCUT2D eigenvalue weighted by Crippen LogP contribution is 2.15. The molecular formula is C12H15I3N4O2. The SMILES string of the molecule is COc1ccc(N)c(I)n1.COc1ccc(N)cn1.II. The van der Waals surface area contributed by atoms with Crippen molar-refractivity contribution >= 4 is 71.2 Å². The predicted molar refractivity (Wildman–Crippen MR) is 111 cm³/mol. The molecule has 0 aliphatic heterocycles. The van der Waals surface area contributed by atoms with Crippen molar-refractivity contribution in [3.05, 3.63) is 34.2 Å². The van der Waals surface area contributed by atoms with E-state index in [0.29, 0.717) is 23.1 Å². The van der Waals surface area contributed by atoms with Gasteiger partial charge in [-0.15, -0.1) is 0 Å². The zero-order chi connectivity index (χ0) is 16.3. The summed E-state index contributed by atoms with van der Waals surface area (Å²) in [5.41, 5.74) is 12.2. The molecule has 0 radical (unpaired) electrons. The number of nitrogens with zero attached hydrogens (tertiary/aromatic N) is 2. The van der Waals surface area contributed by atoms with Gasteiger partial charge < -0.3 is 20.9 Å². The van der Waals surface area contributed by atoms with E-state index in [4.69, 9.17) is 20.9 Å². The molecule has 0 unspecified atom stereocenters. The molecule has 6 nitrogen and oxygen atoms in total. The minimum Gasteiger partial charge on any atom is -0.481 e. The fourth-order valence-corrected chi connectivity index (χ4v) is 1.47. The maximum Gasteiger partial charge on any atom is 0.214 e. The summed E-state index contributed by atoms with van der Waals surface area (Å²) in [5.74, 6) is 1.18. The second kappa shape index (κ2) is 12.3. The predicted octanol–water partition coefficient (Wildman–Crippen LogP) is 3.72. The highest BCUT2D eigenvalue weighted by Gasteiger charge is 1.97. The third-order valence-corrected chi connectivity index (χ3v) is 2.89. The summed E-state index contributed by atoms with van der Waals surface area (Å²) in [5, 5.41) is 0. The Bertz CT molecular complexity index is 526. The van der Waals surface area contributed by atoms with Gasteiger partial charge in [-0.3, -0.25) is 0 Å². The van der Waals surface area contributed by atoms with Gasteiger partial charge in [-0.05, 0) is 34.7 Å². The van der Waals surface area contributed by atoms with Crippen LogP contribution in [0.25, 0.3) is 0 Å². The first kappa shape index (κ1) is 20.7. The summed E-state index contributed by atoms with van der Waals surface area (Å²) in [6, 6.07) is 6.96. The van der Waals surface area contributed by atoms with E-state index < -0.39 is 0 Å². The molecule has 2 aromatic rings. The van der Waals surface area contributed by atoms with Gasteiger partial charge in [-0.2, -0.15) is 0 Å². The Kier molecular flexibility index (Phi) is 12.1. The molecule has 21 heavy (non-hydrogen) atoms. The van der Waals surface area contributed by atoms with Crippen molar-refractivity contribution in [2.24, 2.45) is 0 Å². The summed E-state index contributed by atoms with van der Waals surface area (Å²) < 4.78 is 10.5. The molecular weight excluding hydrogens is 613 g/mol. The number of pyridine rings is 2. The van der Waals surface area contributed by atoms with E-state index in [-0.39, 0.29) is 0 Å². The van der Waals surface area contributed by atoms with E-state index >= 15 is 0 Å². The third kappa shape index (κ3) is 8.65. The van der Waals surface area contributed by atoms with Gasteiger partial charge >= 0.3 is 0 Å². The Morgan fingerprint density at radius 1 is 0.952 bits per heavy atom. The van der Waals surface area contributed by atoms with Gasteiger partial charge in [0.2, 0.25) is 11.8 Å². The van der Waals surface area contributed by atoms with E-state index in [2.05, 4.69) is 69.8 Å². The van der Waals surface area contributed by atoms with Crippen LogP contribution in [-0.4, -0.2) is 24.2 Å². The number of hydrogen-bond acceptors (Lipinski definition) is 6. The van der Waals surface area contributed by atoms with E-state index in [1.807, 2.05) is 0 Å². The van der Waals surface area contributed by atoms with Crippen molar-refractivity contribution in [2.75, 3.05) is 25.7 Å². The van der Waals surface area contributed by atoms with Crippen molar-refractivity contribution in [3.8, 4) is 11.8 Å². The molecule has 0 fully saturated rings. The molecule has 0 aromatic carbocycles. The van der Waals surface area contributed by atoms with Gasteiger partial charge in [-0.1, -0.05) is 0 Å². The lowest BCUT2D eigenvalue weighted by Crippen LogP contribution is -1.94. The largest absolute Gasteiger partial charge is 0.481 e. The van der Waals surface area contributed by atoms with Crippen molar-refractivity contribution in [1.82, 2.24) is 9.97 Å². The van der Waals surface area contributed by atoms with E-state index in [1.165, 1.54) is 0 Å². The van der Waals surface area contributed by atoms with Gasteiger partial charge in [0.15, 0.2) is 0 Å². The third-order valence-electron chi connectivity index (χ3n) is 2.03. The molecule has 2 rings (SSSR count). The molecule has 2 aromatic heterocycles. The number of halogens is 3. The molecule has 9 heteroatoms. The number of aromatic nitrogens is 2. The molecule has 0 aliphatic rings. The summed E-state index contributed by atoms with van der Waals surface area (Å²) >= 11 is 6.30. The number of rotatable bonds is 2. The van der Waals surface area contributed by atoms with Crippen molar-refractivity contribution in [1.29, 1.82) is 0 Å². The van der Waals surface area contributed by atoms with Crippen LogP contribution < -0.4 is 20.9 Å². The Hall–Kier alpha value is -0.310. The molecule has 0 atom stereocenters. The molecule has 0 aliphatic carbocycles. The van der Waals surface area contributed by atoms with E-state index in [9.17, 15) is 0 Å². The Morgan fingerprint density at radius 3 is 1.95 bits per heavy atom. The number of nitrogens with two attached hydrogens (primary N) is 2. The number of hydrogen-bond donors (Lipinski definition) is 2. The highest BCUT2D eigenvalue weighted by molar-refractivity contribution is 15.0. The Morgan fingerprint density at radius 2 is 1.52 bits per heavy atom. The lowest BCUT2D eigenvalue weighted by Gasteiger charge is -1.99. The number of nitrogen functional groups attached to an aromatic ring is 2. The summed E-state index contributed by atoms with van der Waals surface area (Å²) in [7, 11) is 3.15. The minimum atomic E-state index is 0.587. The van der Waals surface area contributed by atoms with E-state index in [1.54, 1.807) is 44.7 Å². The second-order valence-corrected chi connectivity index (χ2v) is 4.39. The average molecular weight is 628 g/mol. The standard InChI is InChI=1S/C6H7IN2O.C6H8N2O.I2/c1-10-5-3-2-4(8)6(7)9-5;1-9-6-3-2-5(7)4-8-6;1-2/h2-3H,8H2,1H3;2-4H,7H2,1H3;. The quantitative estimate of drug-likeness (QED) is 0.389. The topological polar surface area (TPSA) is 96.3 Å². The Labute approximate surface area is 160 Å². The van der Waals surface area contributed by atoms with Gasteiger partial charge in [0.05, 0.1) is 31.8 Å². The smallest absolute Gasteiger partial charge is 0.214 e. The maximum absolute atomic E-state index is 5.52. The highest BCUT2D eigenvalue weighted by atomic mass is 128. The molecule has 0 amide bonds. The van der Waals surface area contributed by atoms with Crippen LogP contribution >= 0.6 is 59.8 Å². The first-order chi connectivity index (χ1) is 10.1. The van der Waals surface area contributed by atoms with Crippen LogP contribution in [0.15, 0.2) is 30.5 Å². The van der Waals surface area contributed by atoms with Crippen LogP contribution in [0.2, 0.25) is 0 Å². The molecule has 0 saturated heterocycles. The van der Waals surface area contributed by atoms with E-state index in [0.717, 1.165) is 3.70 Å².